The SMILES string of the molecule is CCOc1ccc(/C(O)=C2/C(=O)C(=O)N(c3ccc(C)cc3C)C2c2ccc(O)cc2)cc1C(C)C. The molecule has 0 spiro atoms. The Morgan fingerprint density at radius 1 is 1.00 bits per heavy atom. The average molecular weight is 486 g/mol. The largest absolute Gasteiger partial charge is 0.508 e. The highest BCUT2D eigenvalue weighted by Crippen LogP contribution is 2.44. The number of hydrogen-bond acceptors (Lipinski definition) is 5. The third kappa shape index (κ3) is 4.47. The Bertz CT molecular complexity index is 1350. The lowest BCUT2D eigenvalue weighted by Gasteiger charge is -2.27. The van der Waals surface area contributed by atoms with Gasteiger partial charge in [-0.2, -0.15) is 0 Å². The van der Waals surface area contributed by atoms with Crippen LogP contribution in [0.5, 0.6) is 11.5 Å². The number of benzene rings is 3. The van der Waals surface area contributed by atoms with Gasteiger partial charge in [0, 0.05) is 11.3 Å². The number of aliphatic hydroxyl groups is 1. The van der Waals surface area contributed by atoms with E-state index in [1.165, 1.54) is 17.0 Å². The second kappa shape index (κ2) is 9.90. The number of aromatic hydroxyl groups is 1. The smallest absolute Gasteiger partial charge is 0.300 e. The molecular formula is C30H31NO5. The summed E-state index contributed by atoms with van der Waals surface area (Å²) in [7, 11) is 0. The van der Waals surface area contributed by atoms with Crippen LogP contribution < -0.4 is 9.64 Å². The zero-order valence-corrected chi connectivity index (χ0v) is 21.2. The molecule has 0 radical (unpaired) electrons. The minimum atomic E-state index is -0.860. The van der Waals surface area contributed by atoms with Crippen molar-refractivity contribution in [2.45, 2.75) is 46.6 Å². The van der Waals surface area contributed by atoms with Gasteiger partial charge in [0.15, 0.2) is 0 Å². The number of carbonyl (C=O) groups excluding carboxylic acids is 2. The summed E-state index contributed by atoms with van der Waals surface area (Å²) in [5, 5.41) is 21.3. The Labute approximate surface area is 211 Å². The summed E-state index contributed by atoms with van der Waals surface area (Å²) < 4.78 is 5.75. The fourth-order valence-corrected chi connectivity index (χ4v) is 4.72. The van der Waals surface area contributed by atoms with E-state index >= 15 is 0 Å². The van der Waals surface area contributed by atoms with Gasteiger partial charge in [-0.25, -0.2) is 0 Å². The number of hydrogen-bond donors (Lipinski definition) is 2. The van der Waals surface area contributed by atoms with E-state index in [1.54, 1.807) is 24.3 Å². The number of amides is 1. The molecule has 0 bridgehead atoms. The van der Waals surface area contributed by atoms with Crippen LogP contribution in [-0.2, 0) is 9.59 Å². The number of phenolic OH excluding ortho intramolecular Hbond substituents is 1. The predicted molar refractivity (Wildman–Crippen MR) is 141 cm³/mol. The fourth-order valence-electron chi connectivity index (χ4n) is 4.72. The van der Waals surface area contributed by atoms with Crippen LogP contribution in [0.15, 0.2) is 66.2 Å². The number of carbonyl (C=O) groups is 2. The fraction of sp³-hybridized carbons (Fsp3) is 0.267. The van der Waals surface area contributed by atoms with Crippen molar-refractivity contribution in [2.75, 3.05) is 11.5 Å². The average Bonchev–Trinajstić information content (AvgIpc) is 3.10. The first-order valence-corrected chi connectivity index (χ1v) is 12.1. The number of ether oxygens (including phenoxy) is 1. The molecule has 1 aliphatic rings. The number of nitrogens with zero attached hydrogens (tertiary/aromatic N) is 1. The lowest BCUT2D eigenvalue weighted by molar-refractivity contribution is -0.132. The van der Waals surface area contributed by atoms with Crippen molar-refractivity contribution in [3.05, 3.63) is 94.1 Å². The first kappa shape index (κ1) is 25.0. The molecule has 0 aromatic heterocycles. The first-order valence-electron chi connectivity index (χ1n) is 12.1. The van der Waals surface area contributed by atoms with Gasteiger partial charge in [0.2, 0.25) is 0 Å². The molecule has 36 heavy (non-hydrogen) atoms. The van der Waals surface area contributed by atoms with E-state index in [0.717, 1.165) is 22.4 Å². The minimum absolute atomic E-state index is 0.00420. The zero-order chi connectivity index (χ0) is 26.1. The summed E-state index contributed by atoms with van der Waals surface area (Å²) in [6, 6.07) is 16.4. The Hall–Kier alpha value is -4.06. The van der Waals surface area contributed by atoms with E-state index in [0.29, 0.717) is 23.4 Å². The Morgan fingerprint density at radius 3 is 2.31 bits per heavy atom. The molecule has 3 aromatic carbocycles. The highest BCUT2D eigenvalue weighted by Gasteiger charge is 2.47. The van der Waals surface area contributed by atoms with Gasteiger partial charge in [0.25, 0.3) is 11.7 Å². The van der Waals surface area contributed by atoms with Crippen LogP contribution in [0.1, 0.15) is 60.5 Å². The van der Waals surface area contributed by atoms with E-state index < -0.39 is 17.7 Å². The van der Waals surface area contributed by atoms with Crippen molar-refractivity contribution in [2.24, 2.45) is 0 Å². The second-order valence-electron chi connectivity index (χ2n) is 9.39. The van der Waals surface area contributed by atoms with Crippen molar-refractivity contribution in [1.29, 1.82) is 0 Å². The molecule has 186 valence electrons. The van der Waals surface area contributed by atoms with Gasteiger partial charge in [0.1, 0.15) is 17.3 Å². The summed E-state index contributed by atoms with van der Waals surface area (Å²) in [4.78, 5) is 28.3. The van der Waals surface area contributed by atoms with Crippen LogP contribution in [0.4, 0.5) is 5.69 Å². The predicted octanol–water partition coefficient (Wildman–Crippen LogP) is 6.16. The molecule has 1 atom stereocenters. The quantitative estimate of drug-likeness (QED) is 0.248. The maximum absolute atomic E-state index is 13.4. The molecule has 6 heteroatoms. The summed E-state index contributed by atoms with van der Waals surface area (Å²) in [6.07, 6.45) is 0. The van der Waals surface area contributed by atoms with Crippen LogP contribution in [0.3, 0.4) is 0 Å². The highest BCUT2D eigenvalue weighted by atomic mass is 16.5. The van der Waals surface area contributed by atoms with E-state index in [1.807, 2.05) is 58.9 Å². The van der Waals surface area contributed by atoms with E-state index in [-0.39, 0.29) is 23.0 Å². The maximum atomic E-state index is 13.4. The maximum Gasteiger partial charge on any atom is 0.300 e. The molecule has 2 N–H and O–H groups in total. The third-order valence-corrected chi connectivity index (χ3v) is 6.47. The molecule has 0 aliphatic carbocycles. The summed E-state index contributed by atoms with van der Waals surface area (Å²) in [5.41, 5.74) is 4.39. The van der Waals surface area contributed by atoms with Gasteiger partial charge < -0.3 is 14.9 Å². The lowest BCUT2D eigenvalue weighted by Crippen LogP contribution is -2.30. The number of phenols is 1. The summed E-state index contributed by atoms with van der Waals surface area (Å²) >= 11 is 0. The Kier molecular flexibility index (Phi) is 6.88. The van der Waals surface area contributed by atoms with Gasteiger partial charge in [-0.3, -0.25) is 14.5 Å². The van der Waals surface area contributed by atoms with Crippen LogP contribution in [-0.4, -0.2) is 28.5 Å². The van der Waals surface area contributed by atoms with Gasteiger partial charge >= 0.3 is 0 Å². The highest BCUT2D eigenvalue weighted by molar-refractivity contribution is 6.51. The topological polar surface area (TPSA) is 87.1 Å². The normalized spacial score (nSPS) is 17.2. The lowest BCUT2D eigenvalue weighted by atomic mass is 9.93. The summed E-state index contributed by atoms with van der Waals surface area (Å²) in [6.45, 7) is 10.3. The molecule has 3 aromatic rings. The first-order chi connectivity index (χ1) is 17.1. The van der Waals surface area contributed by atoms with Crippen molar-refractivity contribution in [3.63, 3.8) is 0 Å². The minimum Gasteiger partial charge on any atom is -0.508 e. The molecule has 1 amide bonds. The standard InChI is InChI=1S/C30H31NO5/c1-6-36-25-14-10-21(16-23(25)17(2)3)28(33)26-27(20-8-11-22(32)12-9-20)31(30(35)29(26)34)24-13-7-18(4)15-19(24)5/h7-17,27,32-33H,6H2,1-5H3/b28-26-. The van der Waals surface area contributed by atoms with Crippen LogP contribution in [0, 0.1) is 13.8 Å². The molecule has 1 saturated heterocycles. The van der Waals surface area contributed by atoms with E-state index in [4.69, 9.17) is 4.74 Å². The number of aliphatic hydroxyl groups excluding tert-OH is 1. The van der Waals surface area contributed by atoms with Gasteiger partial charge in [-0.05, 0) is 79.8 Å². The van der Waals surface area contributed by atoms with Crippen molar-refractivity contribution in [3.8, 4) is 11.5 Å². The molecule has 1 aliphatic heterocycles. The van der Waals surface area contributed by atoms with Crippen molar-refractivity contribution < 1.29 is 24.5 Å². The van der Waals surface area contributed by atoms with E-state index in [2.05, 4.69) is 0 Å². The van der Waals surface area contributed by atoms with Crippen LogP contribution in [0.25, 0.3) is 5.76 Å². The Morgan fingerprint density at radius 2 is 1.69 bits per heavy atom. The van der Waals surface area contributed by atoms with Gasteiger partial charge in [-0.15, -0.1) is 0 Å². The van der Waals surface area contributed by atoms with Crippen LogP contribution >= 0.6 is 0 Å². The monoisotopic (exact) mass is 485 g/mol. The number of ketones is 1. The number of Topliss-reactive ketones (excluding diaryl/α,β-unsaturated/α-hetero) is 1. The molecular weight excluding hydrogens is 454 g/mol. The zero-order valence-electron chi connectivity index (χ0n) is 21.2. The van der Waals surface area contributed by atoms with Crippen molar-refractivity contribution in [1.82, 2.24) is 0 Å². The number of aryl methyl sites for hydroxylation is 2. The Balaban J connectivity index is 1.95. The molecule has 1 unspecified atom stereocenters. The molecule has 0 saturated carbocycles. The molecule has 1 fully saturated rings. The van der Waals surface area contributed by atoms with Crippen molar-refractivity contribution >= 4 is 23.1 Å². The molecule has 4 rings (SSSR count). The molecule has 6 nitrogen and oxygen atoms in total. The third-order valence-electron chi connectivity index (χ3n) is 6.47. The summed E-state index contributed by atoms with van der Waals surface area (Å²) in [5.74, 6) is -0.819. The second-order valence-corrected chi connectivity index (χ2v) is 9.39. The molecule has 1 heterocycles. The van der Waals surface area contributed by atoms with Gasteiger partial charge in [0.05, 0.1) is 18.2 Å². The van der Waals surface area contributed by atoms with E-state index in [9.17, 15) is 19.8 Å². The number of rotatable bonds is 6. The number of anilines is 1. The van der Waals surface area contributed by atoms with Gasteiger partial charge in [-0.1, -0.05) is 43.7 Å². The van der Waals surface area contributed by atoms with Crippen LogP contribution in [0.2, 0.25) is 0 Å².